The summed E-state index contributed by atoms with van der Waals surface area (Å²) in [5.41, 5.74) is 1.24. The van der Waals surface area contributed by atoms with Crippen LogP contribution in [0.25, 0.3) is 0 Å². The molecule has 1 atom stereocenters. The molecule has 7 nitrogen and oxygen atoms in total. The lowest BCUT2D eigenvalue weighted by Crippen LogP contribution is -2.50. The molecule has 168 valence electrons. The van der Waals surface area contributed by atoms with Crippen LogP contribution in [0.1, 0.15) is 45.1 Å². The largest absolute Gasteiger partial charge is 0.379 e. The van der Waals surface area contributed by atoms with Crippen LogP contribution < -0.4 is 15.5 Å². The summed E-state index contributed by atoms with van der Waals surface area (Å²) >= 11 is 0. The Labute approximate surface area is 182 Å². The van der Waals surface area contributed by atoms with Gasteiger partial charge in [0, 0.05) is 58.6 Å². The van der Waals surface area contributed by atoms with Gasteiger partial charge in [-0.25, -0.2) is 4.98 Å². The van der Waals surface area contributed by atoms with E-state index in [9.17, 15) is 0 Å². The molecule has 2 aliphatic rings. The third-order valence-corrected chi connectivity index (χ3v) is 5.98. The Morgan fingerprint density at radius 1 is 1.13 bits per heavy atom. The van der Waals surface area contributed by atoms with Crippen molar-refractivity contribution in [3.8, 4) is 0 Å². The van der Waals surface area contributed by atoms with Gasteiger partial charge in [0.25, 0.3) is 0 Å². The summed E-state index contributed by atoms with van der Waals surface area (Å²) in [6, 6.07) is 4.79. The summed E-state index contributed by atoms with van der Waals surface area (Å²) in [5.74, 6) is 2.62. The molecule has 7 heteroatoms. The molecule has 0 aromatic carbocycles. The first-order valence-corrected chi connectivity index (χ1v) is 11.6. The van der Waals surface area contributed by atoms with E-state index >= 15 is 0 Å². The number of pyridine rings is 1. The van der Waals surface area contributed by atoms with Gasteiger partial charge in [-0.3, -0.25) is 9.89 Å². The van der Waals surface area contributed by atoms with E-state index in [-0.39, 0.29) is 0 Å². The minimum absolute atomic E-state index is 0.499. The summed E-state index contributed by atoms with van der Waals surface area (Å²) in [5, 5.41) is 7.03. The Bertz CT molecular complexity index is 653. The molecule has 3 heterocycles. The van der Waals surface area contributed by atoms with Gasteiger partial charge < -0.3 is 20.3 Å². The SMILES string of the molecule is CN=C(NCc1ccnc(N2CCCCC2)c1)NCC(CC(C)C)N1CCOCC1. The molecule has 1 aromatic rings. The van der Waals surface area contributed by atoms with Crippen molar-refractivity contribution in [3.05, 3.63) is 23.9 Å². The number of guanidine groups is 1. The van der Waals surface area contributed by atoms with Gasteiger partial charge in [0.1, 0.15) is 5.82 Å². The van der Waals surface area contributed by atoms with Crippen LogP contribution in [-0.2, 0) is 11.3 Å². The zero-order valence-corrected chi connectivity index (χ0v) is 19.1. The molecule has 0 amide bonds. The van der Waals surface area contributed by atoms with Crippen LogP contribution in [0.5, 0.6) is 0 Å². The molecule has 30 heavy (non-hydrogen) atoms. The second-order valence-electron chi connectivity index (χ2n) is 8.81. The van der Waals surface area contributed by atoms with E-state index in [1.54, 1.807) is 0 Å². The first-order chi connectivity index (χ1) is 14.7. The highest BCUT2D eigenvalue weighted by Crippen LogP contribution is 2.18. The average Bonchev–Trinajstić information content (AvgIpc) is 2.79. The molecule has 0 radical (unpaired) electrons. The molecular formula is C23H40N6O. The van der Waals surface area contributed by atoms with E-state index in [0.717, 1.165) is 64.3 Å². The fourth-order valence-corrected chi connectivity index (χ4v) is 4.34. The van der Waals surface area contributed by atoms with Gasteiger partial charge in [0.15, 0.2) is 5.96 Å². The van der Waals surface area contributed by atoms with Crippen molar-refractivity contribution in [1.29, 1.82) is 0 Å². The highest BCUT2D eigenvalue weighted by atomic mass is 16.5. The summed E-state index contributed by atoms with van der Waals surface area (Å²) in [6.07, 6.45) is 6.96. The Balaban J connectivity index is 1.51. The molecule has 2 fully saturated rings. The van der Waals surface area contributed by atoms with Crippen LogP contribution in [0.15, 0.2) is 23.3 Å². The topological polar surface area (TPSA) is 65.0 Å². The third-order valence-electron chi connectivity index (χ3n) is 5.98. The normalized spacial score (nSPS) is 19.7. The van der Waals surface area contributed by atoms with Crippen molar-refractivity contribution in [2.75, 3.05) is 57.9 Å². The molecule has 1 aromatic heterocycles. The first-order valence-electron chi connectivity index (χ1n) is 11.6. The lowest BCUT2D eigenvalue weighted by Gasteiger charge is -2.35. The number of hydrogen-bond acceptors (Lipinski definition) is 5. The van der Waals surface area contributed by atoms with Gasteiger partial charge >= 0.3 is 0 Å². The Kier molecular flexibility index (Phi) is 9.21. The Morgan fingerprint density at radius 2 is 1.90 bits per heavy atom. The fraction of sp³-hybridized carbons (Fsp3) is 0.739. The lowest BCUT2D eigenvalue weighted by atomic mass is 10.0. The summed E-state index contributed by atoms with van der Waals surface area (Å²) in [6.45, 7) is 12.2. The zero-order chi connectivity index (χ0) is 21.2. The quantitative estimate of drug-likeness (QED) is 0.501. The Hall–Kier alpha value is -1.86. The van der Waals surface area contributed by atoms with Crippen LogP contribution >= 0.6 is 0 Å². The number of nitrogens with one attached hydrogen (secondary N) is 2. The van der Waals surface area contributed by atoms with Gasteiger partial charge in [-0.05, 0) is 49.3 Å². The smallest absolute Gasteiger partial charge is 0.191 e. The number of nitrogens with zero attached hydrogens (tertiary/aromatic N) is 4. The number of piperidine rings is 1. The average molecular weight is 417 g/mol. The summed E-state index contributed by atoms with van der Waals surface area (Å²) < 4.78 is 5.54. The number of aliphatic imine (C=N–C) groups is 1. The Morgan fingerprint density at radius 3 is 2.60 bits per heavy atom. The van der Waals surface area contributed by atoms with Crippen molar-refractivity contribution < 1.29 is 4.74 Å². The maximum absolute atomic E-state index is 5.54. The van der Waals surface area contributed by atoms with Crippen molar-refractivity contribution in [2.45, 2.75) is 52.1 Å². The number of morpholine rings is 1. The predicted octanol–water partition coefficient (Wildman–Crippen LogP) is 2.48. The van der Waals surface area contributed by atoms with E-state index in [1.807, 2.05) is 13.2 Å². The van der Waals surface area contributed by atoms with Crippen LogP contribution in [0, 0.1) is 5.92 Å². The second kappa shape index (κ2) is 12.1. The number of anilines is 1. The van der Waals surface area contributed by atoms with Crippen molar-refractivity contribution in [3.63, 3.8) is 0 Å². The highest BCUT2D eigenvalue weighted by Gasteiger charge is 2.22. The van der Waals surface area contributed by atoms with E-state index in [1.165, 1.54) is 31.2 Å². The number of rotatable bonds is 8. The van der Waals surface area contributed by atoms with Gasteiger partial charge in [-0.15, -0.1) is 0 Å². The molecular weight excluding hydrogens is 376 g/mol. The summed E-state index contributed by atoms with van der Waals surface area (Å²) in [7, 11) is 1.84. The van der Waals surface area contributed by atoms with Crippen LogP contribution in [-0.4, -0.2) is 74.9 Å². The third kappa shape index (κ3) is 7.13. The van der Waals surface area contributed by atoms with Crippen LogP contribution in [0.4, 0.5) is 5.82 Å². The van der Waals surface area contributed by atoms with Crippen molar-refractivity contribution in [2.24, 2.45) is 10.9 Å². The van der Waals surface area contributed by atoms with Gasteiger partial charge in [-0.1, -0.05) is 13.8 Å². The molecule has 2 saturated heterocycles. The van der Waals surface area contributed by atoms with Crippen molar-refractivity contribution in [1.82, 2.24) is 20.5 Å². The molecule has 0 aliphatic carbocycles. The standard InChI is InChI=1S/C23H40N6O/c1-19(2)15-21(28-11-13-30-14-12-28)18-27-23(24-3)26-17-20-7-8-25-22(16-20)29-9-5-4-6-10-29/h7-8,16,19,21H,4-6,9-15,17-18H2,1-3H3,(H2,24,26,27). The number of hydrogen-bond donors (Lipinski definition) is 2. The van der Waals surface area contributed by atoms with Gasteiger partial charge in [-0.2, -0.15) is 0 Å². The highest BCUT2D eigenvalue weighted by molar-refractivity contribution is 5.79. The van der Waals surface area contributed by atoms with Gasteiger partial charge in [0.05, 0.1) is 13.2 Å². The molecule has 1 unspecified atom stereocenters. The molecule has 2 aliphatic heterocycles. The number of aromatic nitrogens is 1. The number of ether oxygens (including phenoxy) is 1. The van der Waals surface area contributed by atoms with E-state index in [0.29, 0.717) is 12.0 Å². The molecule has 0 saturated carbocycles. The predicted molar refractivity (Wildman–Crippen MR) is 124 cm³/mol. The minimum Gasteiger partial charge on any atom is -0.379 e. The minimum atomic E-state index is 0.499. The van der Waals surface area contributed by atoms with Crippen molar-refractivity contribution >= 4 is 11.8 Å². The first kappa shape index (κ1) is 22.8. The zero-order valence-electron chi connectivity index (χ0n) is 19.1. The molecule has 0 spiro atoms. The maximum Gasteiger partial charge on any atom is 0.191 e. The van der Waals surface area contributed by atoms with E-state index in [4.69, 9.17) is 4.74 Å². The van der Waals surface area contributed by atoms with E-state index < -0.39 is 0 Å². The fourth-order valence-electron chi connectivity index (χ4n) is 4.34. The second-order valence-corrected chi connectivity index (χ2v) is 8.81. The van der Waals surface area contributed by atoms with Crippen LogP contribution in [0.3, 0.4) is 0 Å². The van der Waals surface area contributed by atoms with E-state index in [2.05, 4.69) is 56.4 Å². The monoisotopic (exact) mass is 416 g/mol. The summed E-state index contributed by atoms with van der Waals surface area (Å²) in [4.78, 5) is 14.0. The molecule has 3 rings (SSSR count). The molecule has 0 bridgehead atoms. The lowest BCUT2D eigenvalue weighted by molar-refractivity contribution is 0.0132. The molecule has 2 N–H and O–H groups in total. The van der Waals surface area contributed by atoms with Gasteiger partial charge in [0.2, 0.25) is 0 Å². The maximum atomic E-state index is 5.54. The van der Waals surface area contributed by atoms with Crippen LogP contribution in [0.2, 0.25) is 0 Å².